The van der Waals surface area contributed by atoms with E-state index in [0.717, 1.165) is 17.1 Å². The van der Waals surface area contributed by atoms with Crippen molar-refractivity contribution in [2.75, 3.05) is 27.3 Å². The second-order valence-electron chi connectivity index (χ2n) is 5.56. The number of aliphatic imine (C=N–C) groups is 1. The minimum Gasteiger partial charge on any atom is -0.508 e. The van der Waals surface area contributed by atoms with Crippen LogP contribution < -0.4 is 0 Å². The SMILES string of the molecule is C#CCN1C=C2C(=NC(C#Cc3cccc(O)c3)N2C)N(C)C1. The van der Waals surface area contributed by atoms with E-state index in [0.29, 0.717) is 13.2 Å². The minimum atomic E-state index is -0.244. The molecule has 3 rings (SSSR count). The molecule has 23 heavy (non-hydrogen) atoms. The Balaban J connectivity index is 1.85. The van der Waals surface area contributed by atoms with Crippen LogP contribution in [0.1, 0.15) is 5.56 Å². The monoisotopic (exact) mass is 306 g/mol. The van der Waals surface area contributed by atoms with Crippen LogP contribution in [0.15, 0.2) is 41.2 Å². The quantitative estimate of drug-likeness (QED) is 0.789. The summed E-state index contributed by atoms with van der Waals surface area (Å²) in [6.07, 6.45) is 7.19. The molecular weight excluding hydrogens is 288 g/mol. The Bertz CT molecular complexity index is 778. The summed E-state index contributed by atoms with van der Waals surface area (Å²) in [5.41, 5.74) is 1.79. The molecule has 0 aliphatic carbocycles. The standard InChI is InChI=1S/C18H18N4O/c1-4-10-22-12-16-18(20(2)13-22)19-17(21(16)3)9-8-14-6-5-7-15(23)11-14/h1,5-7,11-12,17,23H,10,13H2,2-3H3. The summed E-state index contributed by atoms with van der Waals surface area (Å²) in [7, 11) is 3.96. The van der Waals surface area contributed by atoms with Crippen molar-refractivity contribution in [2.45, 2.75) is 6.17 Å². The lowest BCUT2D eigenvalue weighted by Crippen LogP contribution is -2.43. The Morgan fingerprint density at radius 3 is 2.96 bits per heavy atom. The van der Waals surface area contributed by atoms with Crippen LogP contribution in [0, 0.1) is 24.2 Å². The highest BCUT2D eigenvalue weighted by Gasteiger charge is 2.32. The number of rotatable bonds is 1. The molecular formula is C18H18N4O. The normalized spacial score (nSPS) is 19.3. The molecule has 1 atom stereocenters. The molecule has 116 valence electrons. The molecule has 0 aromatic heterocycles. The highest BCUT2D eigenvalue weighted by molar-refractivity contribution is 6.00. The molecule has 1 aromatic carbocycles. The van der Waals surface area contributed by atoms with E-state index in [9.17, 15) is 5.11 Å². The molecule has 1 unspecified atom stereocenters. The van der Waals surface area contributed by atoms with Crippen molar-refractivity contribution in [1.82, 2.24) is 14.7 Å². The maximum Gasteiger partial charge on any atom is 0.186 e. The van der Waals surface area contributed by atoms with Crippen molar-refractivity contribution in [3.8, 4) is 29.9 Å². The van der Waals surface area contributed by atoms with E-state index in [1.807, 2.05) is 31.3 Å². The number of amidine groups is 1. The van der Waals surface area contributed by atoms with Crippen molar-refractivity contribution in [3.05, 3.63) is 41.7 Å². The van der Waals surface area contributed by atoms with Gasteiger partial charge in [-0.25, -0.2) is 4.99 Å². The molecule has 0 amide bonds. The molecule has 2 aliphatic rings. The van der Waals surface area contributed by atoms with Crippen LogP contribution >= 0.6 is 0 Å². The first-order chi connectivity index (χ1) is 11.1. The van der Waals surface area contributed by atoms with Gasteiger partial charge in [-0.15, -0.1) is 6.42 Å². The summed E-state index contributed by atoms with van der Waals surface area (Å²) in [6.45, 7) is 1.28. The number of aromatic hydroxyl groups is 1. The highest BCUT2D eigenvalue weighted by atomic mass is 16.3. The number of phenols is 1. The molecule has 5 heteroatoms. The zero-order valence-electron chi connectivity index (χ0n) is 13.2. The predicted molar refractivity (Wildman–Crippen MR) is 90.2 cm³/mol. The lowest BCUT2D eigenvalue weighted by molar-refractivity contribution is 0.274. The molecule has 0 bridgehead atoms. The number of phenolic OH excluding ortho intramolecular Hbond substituents is 1. The third-order valence-electron chi connectivity index (χ3n) is 3.77. The minimum absolute atomic E-state index is 0.212. The Morgan fingerprint density at radius 2 is 2.22 bits per heavy atom. The topological polar surface area (TPSA) is 42.3 Å². The highest BCUT2D eigenvalue weighted by Crippen LogP contribution is 2.24. The lowest BCUT2D eigenvalue weighted by Gasteiger charge is -2.33. The van der Waals surface area contributed by atoms with Gasteiger partial charge >= 0.3 is 0 Å². The van der Waals surface area contributed by atoms with Crippen LogP contribution in [0.2, 0.25) is 0 Å². The summed E-state index contributed by atoms with van der Waals surface area (Å²) >= 11 is 0. The first-order valence-electron chi connectivity index (χ1n) is 7.30. The number of nitrogens with zero attached hydrogens (tertiary/aromatic N) is 4. The van der Waals surface area contributed by atoms with Crippen LogP contribution in [0.5, 0.6) is 5.75 Å². The first-order valence-corrected chi connectivity index (χ1v) is 7.30. The number of hydrogen-bond acceptors (Lipinski definition) is 5. The fourth-order valence-electron chi connectivity index (χ4n) is 2.63. The Kier molecular flexibility index (Phi) is 3.87. The molecule has 0 saturated heterocycles. The second kappa shape index (κ2) is 5.98. The van der Waals surface area contributed by atoms with E-state index in [1.54, 1.807) is 18.2 Å². The number of likely N-dealkylation sites (N-methyl/N-ethyl adjacent to an activating group) is 2. The van der Waals surface area contributed by atoms with Crippen LogP contribution in [0.3, 0.4) is 0 Å². The average molecular weight is 306 g/mol. The summed E-state index contributed by atoms with van der Waals surface area (Å²) in [5.74, 6) is 10.0. The Hall–Kier alpha value is -3.05. The summed E-state index contributed by atoms with van der Waals surface area (Å²) in [5, 5.41) is 9.50. The number of fused-ring (bicyclic) bond motifs is 1. The second-order valence-corrected chi connectivity index (χ2v) is 5.56. The van der Waals surface area contributed by atoms with Crippen LogP contribution in [-0.4, -0.2) is 59.1 Å². The van der Waals surface area contributed by atoms with Gasteiger partial charge in [0, 0.05) is 25.9 Å². The molecule has 1 aromatic rings. The molecule has 2 heterocycles. The Morgan fingerprint density at radius 1 is 1.39 bits per heavy atom. The van der Waals surface area contributed by atoms with Gasteiger partial charge in [-0.3, -0.25) is 0 Å². The molecule has 0 saturated carbocycles. The molecule has 0 radical (unpaired) electrons. The molecule has 0 spiro atoms. The van der Waals surface area contributed by atoms with E-state index < -0.39 is 0 Å². The molecule has 1 N–H and O–H groups in total. The lowest BCUT2D eigenvalue weighted by atomic mass is 10.2. The van der Waals surface area contributed by atoms with Crippen molar-refractivity contribution < 1.29 is 5.11 Å². The summed E-state index contributed by atoms with van der Waals surface area (Å²) in [4.78, 5) is 10.9. The van der Waals surface area contributed by atoms with Gasteiger partial charge in [0.1, 0.15) is 5.75 Å². The van der Waals surface area contributed by atoms with Gasteiger partial charge in [-0.2, -0.15) is 0 Å². The number of benzene rings is 1. The van der Waals surface area contributed by atoms with E-state index in [2.05, 4.69) is 32.6 Å². The average Bonchev–Trinajstić information content (AvgIpc) is 2.83. The number of hydrogen-bond donors (Lipinski definition) is 1. The van der Waals surface area contributed by atoms with Gasteiger partial charge in [-0.1, -0.05) is 17.9 Å². The van der Waals surface area contributed by atoms with Gasteiger partial charge in [0.15, 0.2) is 12.0 Å². The van der Waals surface area contributed by atoms with Crippen LogP contribution in [0.25, 0.3) is 0 Å². The smallest absolute Gasteiger partial charge is 0.186 e. The van der Waals surface area contributed by atoms with E-state index >= 15 is 0 Å². The van der Waals surface area contributed by atoms with Crippen LogP contribution in [-0.2, 0) is 0 Å². The first kappa shape index (κ1) is 14.9. The van der Waals surface area contributed by atoms with E-state index in [-0.39, 0.29) is 11.9 Å². The van der Waals surface area contributed by atoms with Gasteiger partial charge in [0.05, 0.1) is 18.9 Å². The third-order valence-corrected chi connectivity index (χ3v) is 3.77. The van der Waals surface area contributed by atoms with E-state index in [1.165, 1.54) is 0 Å². The third kappa shape index (κ3) is 2.95. The molecule has 5 nitrogen and oxygen atoms in total. The van der Waals surface area contributed by atoms with Gasteiger partial charge < -0.3 is 19.8 Å². The maximum atomic E-state index is 9.50. The van der Waals surface area contributed by atoms with Crippen molar-refractivity contribution in [1.29, 1.82) is 0 Å². The summed E-state index contributed by atoms with van der Waals surface area (Å²) in [6, 6.07) is 6.91. The van der Waals surface area contributed by atoms with E-state index in [4.69, 9.17) is 6.42 Å². The van der Waals surface area contributed by atoms with Gasteiger partial charge in [-0.05, 0) is 24.1 Å². The van der Waals surface area contributed by atoms with Crippen molar-refractivity contribution in [3.63, 3.8) is 0 Å². The zero-order chi connectivity index (χ0) is 16.4. The predicted octanol–water partition coefficient (Wildman–Crippen LogP) is 1.09. The summed E-state index contributed by atoms with van der Waals surface area (Å²) < 4.78 is 0. The van der Waals surface area contributed by atoms with Gasteiger partial charge in [0.25, 0.3) is 0 Å². The largest absolute Gasteiger partial charge is 0.508 e. The maximum absolute atomic E-state index is 9.50. The van der Waals surface area contributed by atoms with Crippen molar-refractivity contribution >= 4 is 5.84 Å². The van der Waals surface area contributed by atoms with Crippen LogP contribution in [0.4, 0.5) is 0 Å². The fourth-order valence-corrected chi connectivity index (χ4v) is 2.63. The Labute approximate surface area is 136 Å². The molecule has 0 fully saturated rings. The molecule has 2 aliphatic heterocycles. The van der Waals surface area contributed by atoms with Gasteiger partial charge in [0.2, 0.25) is 0 Å². The van der Waals surface area contributed by atoms with Crippen molar-refractivity contribution in [2.24, 2.45) is 4.99 Å². The fraction of sp³-hybridized carbons (Fsp3) is 0.278. The zero-order valence-corrected chi connectivity index (χ0v) is 13.2. The number of terminal acetylenes is 1.